The van der Waals surface area contributed by atoms with Gasteiger partial charge in [-0.05, 0) is 18.6 Å². The van der Waals surface area contributed by atoms with E-state index in [4.69, 9.17) is 4.74 Å². The Morgan fingerprint density at radius 1 is 1.04 bits per heavy atom. The summed E-state index contributed by atoms with van der Waals surface area (Å²) >= 11 is 0. The van der Waals surface area contributed by atoms with Crippen molar-refractivity contribution in [3.8, 4) is 5.75 Å². The average Bonchev–Trinajstić information content (AvgIpc) is 2.59. The molecular formula is C20H26N2O2. The number of ether oxygens (including phenoxy) is 1. The second-order valence-electron chi connectivity index (χ2n) is 6.60. The van der Waals surface area contributed by atoms with Gasteiger partial charge in [-0.2, -0.15) is 0 Å². The number of nitrogens with one attached hydrogen (secondary N) is 2. The summed E-state index contributed by atoms with van der Waals surface area (Å²) in [7, 11) is 1.63. The molecule has 2 rings (SSSR count). The number of benzene rings is 2. The first-order valence-corrected chi connectivity index (χ1v) is 8.13. The largest absolute Gasteiger partial charge is 0.496 e. The van der Waals surface area contributed by atoms with Crippen LogP contribution in [-0.4, -0.2) is 19.7 Å². The summed E-state index contributed by atoms with van der Waals surface area (Å²) in [5.41, 5.74) is 3.26. The summed E-state index contributed by atoms with van der Waals surface area (Å²) in [5.74, 6) is 0.776. The van der Waals surface area contributed by atoms with E-state index in [1.165, 1.54) is 11.1 Å². The molecule has 2 amide bonds. The van der Waals surface area contributed by atoms with Gasteiger partial charge in [0.1, 0.15) is 5.75 Å². The Kier molecular flexibility index (Phi) is 5.85. The molecular weight excluding hydrogens is 300 g/mol. The molecule has 24 heavy (non-hydrogen) atoms. The van der Waals surface area contributed by atoms with Crippen molar-refractivity contribution >= 4 is 6.03 Å². The van der Waals surface area contributed by atoms with E-state index in [0.717, 1.165) is 11.3 Å². The first-order chi connectivity index (χ1) is 11.4. The second kappa shape index (κ2) is 7.86. The van der Waals surface area contributed by atoms with Crippen LogP contribution >= 0.6 is 0 Å². The molecule has 2 N–H and O–H groups in total. The molecule has 0 aliphatic carbocycles. The number of aryl methyl sites for hydroxylation is 1. The summed E-state index contributed by atoms with van der Waals surface area (Å²) in [6.07, 6.45) is 0. The van der Waals surface area contributed by atoms with Crippen molar-refractivity contribution in [2.45, 2.75) is 32.7 Å². The summed E-state index contributed by atoms with van der Waals surface area (Å²) in [4.78, 5) is 12.1. The van der Waals surface area contributed by atoms with Crippen molar-refractivity contribution in [1.82, 2.24) is 10.6 Å². The molecule has 2 aromatic carbocycles. The molecule has 0 aliphatic rings. The van der Waals surface area contributed by atoms with Crippen molar-refractivity contribution in [3.63, 3.8) is 0 Å². The number of methoxy groups -OCH3 is 1. The summed E-state index contributed by atoms with van der Waals surface area (Å²) in [6, 6.07) is 15.9. The second-order valence-corrected chi connectivity index (χ2v) is 6.60. The lowest BCUT2D eigenvalue weighted by molar-refractivity contribution is 0.238. The molecule has 0 heterocycles. The van der Waals surface area contributed by atoms with Crippen LogP contribution in [0.15, 0.2) is 48.5 Å². The molecule has 0 atom stereocenters. The average molecular weight is 326 g/mol. The maximum absolute atomic E-state index is 12.1. The Balaban J connectivity index is 1.87. The lowest BCUT2D eigenvalue weighted by Gasteiger charge is -2.26. The fraction of sp³-hybridized carbons (Fsp3) is 0.350. The first kappa shape index (κ1) is 17.9. The Hall–Kier alpha value is -2.49. The zero-order valence-electron chi connectivity index (χ0n) is 14.8. The molecule has 128 valence electrons. The van der Waals surface area contributed by atoms with Gasteiger partial charge in [-0.25, -0.2) is 4.79 Å². The number of hydrogen-bond donors (Lipinski definition) is 2. The SMILES string of the molecule is COc1ccccc1CNC(=O)NCC(C)(C)c1ccc(C)cc1. The van der Waals surface area contributed by atoms with Crippen molar-refractivity contribution < 1.29 is 9.53 Å². The monoisotopic (exact) mass is 326 g/mol. The highest BCUT2D eigenvalue weighted by Crippen LogP contribution is 2.22. The Morgan fingerprint density at radius 2 is 1.71 bits per heavy atom. The standard InChI is InChI=1S/C20H26N2O2/c1-15-9-11-17(12-10-15)20(2,3)14-22-19(23)21-13-16-7-5-6-8-18(16)24-4/h5-12H,13-14H2,1-4H3,(H2,21,22,23). The third kappa shape index (κ3) is 4.75. The predicted molar refractivity (Wildman–Crippen MR) is 97.4 cm³/mol. The molecule has 0 saturated heterocycles. The van der Waals surface area contributed by atoms with Crippen LogP contribution in [0.4, 0.5) is 4.79 Å². The maximum atomic E-state index is 12.1. The minimum Gasteiger partial charge on any atom is -0.496 e. The van der Waals surface area contributed by atoms with Crippen LogP contribution in [0.3, 0.4) is 0 Å². The van der Waals surface area contributed by atoms with Crippen LogP contribution in [0.2, 0.25) is 0 Å². The predicted octanol–water partition coefficient (Wildman–Crippen LogP) is 3.78. The van der Waals surface area contributed by atoms with Crippen molar-refractivity contribution in [2.75, 3.05) is 13.7 Å². The molecule has 0 unspecified atom stereocenters. The molecule has 0 aromatic heterocycles. The molecule has 0 bridgehead atoms. The van der Waals surface area contributed by atoms with E-state index in [1.807, 2.05) is 24.3 Å². The van der Waals surface area contributed by atoms with E-state index >= 15 is 0 Å². The number of amides is 2. The van der Waals surface area contributed by atoms with Crippen molar-refractivity contribution in [1.29, 1.82) is 0 Å². The van der Waals surface area contributed by atoms with Gasteiger partial charge in [0.15, 0.2) is 0 Å². The quantitative estimate of drug-likeness (QED) is 0.849. The molecule has 0 radical (unpaired) electrons. The zero-order chi connectivity index (χ0) is 17.6. The smallest absolute Gasteiger partial charge is 0.315 e. The van der Waals surface area contributed by atoms with Crippen LogP contribution in [0, 0.1) is 6.92 Å². The fourth-order valence-electron chi connectivity index (χ4n) is 2.50. The molecule has 0 aliphatic heterocycles. The van der Waals surface area contributed by atoms with Crippen LogP contribution < -0.4 is 15.4 Å². The number of para-hydroxylation sites is 1. The van der Waals surface area contributed by atoms with E-state index in [0.29, 0.717) is 13.1 Å². The van der Waals surface area contributed by atoms with Gasteiger partial charge in [0.2, 0.25) is 0 Å². The summed E-state index contributed by atoms with van der Waals surface area (Å²) < 4.78 is 5.29. The first-order valence-electron chi connectivity index (χ1n) is 8.13. The number of rotatable bonds is 6. The van der Waals surface area contributed by atoms with Gasteiger partial charge in [-0.3, -0.25) is 0 Å². The van der Waals surface area contributed by atoms with Gasteiger partial charge in [0.25, 0.3) is 0 Å². The minimum absolute atomic E-state index is 0.129. The number of hydrogen-bond acceptors (Lipinski definition) is 2. The van der Waals surface area contributed by atoms with Crippen molar-refractivity contribution in [2.24, 2.45) is 0 Å². The van der Waals surface area contributed by atoms with E-state index in [1.54, 1.807) is 7.11 Å². The van der Waals surface area contributed by atoms with Crippen LogP contribution in [-0.2, 0) is 12.0 Å². The topological polar surface area (TPSA) is 50.4 Å². The zero-order valence-corrected chi connectivity index (χ0v) is 14.8. The highest BCUT2D eigenvalue weighted by Gasteiger charge is 2.21. The fourth-order valence-corrected chi connectivity index (χ4v) is 2.50. The molecule has 0 fully saturated rings. The number of carbonyl (C=O) groups excluding carboxylic acids is 1. The van der Waals surface area contributed by atoms with Crippen LogP contribution in [0.1, 0.15) is 30.5 Å². The van der Waals surface area contributed by atoms with Gasteiger partial charge in [0, 0.05) is 24.1 Å². The Bertz CT molecular complexity index is 678. The highest BCUT2D eigenvalue weighted by molar-refractivity contribution is 5.74. The van der Waals surface area contributed by atoms with Crippen molar-refractivity contribution in [3.05, 3.63) is 65.2 Å². The van der Waals surface area contributed by atoms with E-state index in [9.17, 15) is 4.79 Å². The van der Waals surface area contributed by atoms with E-state index in [2.05, 4.69) is 55.7 Å². The lowest BCUT2D eigenvalue weighted by Crippen LogP contribution is -2.42. The summed E-state index contributed by atoms with van der Waals surface area (Å²) in [6.45, 7) is 7.31. The highest BCUT2D eigenvalue weighted by atomic mass is 16.5. The minimum atomic E-state index is -0.180. The number of urea groups is 1. The maximum Gasteiger partial charge on any atom is 0.315 e. The van der Waals surface area contributed by atoms with Gasteiger partial charge < -0.3 is 15.4 Å². The Morgan fingerprint density at radius 3 is 2.38 bits per heavy atom. The van der Waals surface area contributed by atoms with E-state index in [-0.39, 0.29) is 11.4 Å². The molecule has 4 heteroatoms. The molecule has 0 spiro atoms. The van der Waals surface area contributed by atoms with E-state index < -0.39 is 0 Å². The van der Waals surface area contributed by atoms with Crippen LogP contribution in [0.25, 0.3) is 0 Å². The lowest BCUT2D eigenvalue weighted by atomic mass is 9.84. The molecule has 2 aromatic rings. The van der Waals surface area contributed by atoms with Gasteiger partial charge in [0.05, 0.1) is 7.11 Å². The Labute approximate surface area is 144 Å². The third-order valence-corrected chi connectivity index (χ3v) is 4.16. The molecule has 0 saturated carbocycles. The van der Waals surface area contributed by atoms with Gasteiger partial charge in [-0.15, -0.1) is 0 Å². The summed E-state index contributed by atoms with van der Waals surface area (Å²) in [5, 5.41) is 5.83. The number of carbonyl (C=O) groups is 1. The van der Waals surface area contributed by atoms with Gasteiger partial charge >= 0.3 is 6.03 Å². The van der Waals surface area contributed by atoms with Crippen LogP contribution in [0.5, 0.6) is 5.75 Å². The molecule has 4 nitrogen and oxygen atoms in total. The normalized spacial score (nSPS) is 11.0. The van der Waals surface area contributed by atoms with Gasteiger partial charge in [-0.1, -0.05) is 61.9 Å². The third-order valence-electron chi connectivity index (χ3n) is 4.16.